The van der Waals surface area contributed by atoms with Crippen molar-refractivity contribution in [2.24, 2.45) is 0 Å². The minimum atomic E-state index is -0.000252. The van der Waals surface area contributed by atoms with Crippen LogP contribution in [0, 0.1) is 6.92 Å². The van der Waals surface area contributed by atoms with Gasteiger partial charge in [0.2, 0.25) is 5.91 Å². The Bertz CT molecular complexity index is 649. The molecule has 3 heterocycles. The van der Waals surface area contributed by atoms with Gasteiger partial charge in [-0.2, -0.15) is 0 Å². The molecule has 1 aromatic rings. The summed E-state index contributed by atoms with van der Waals surface area (Å²) < 4.78 is 2.39. The van der Waals surface area contributed by atoms with Gasteiger partial charge in [-0.25, -0.2) is 0 Å². The molecule has 6 heteroatoms. The lowest BCUT2D eigenvalue weighted by Gasteiger charge is -2.39. The highest BCUT2D eigenvalue weighted by Crippen LogP contribution is 2.41. The van der Waals surface area contributed by atoms with Gasteiger partial charge >= 0.3 is 0 Å². The number of piperidine rings is 1. The van der Waals surface area contributed by atoms with Crippen LogP contribution in [0.3, 0.4) is 0 Å². The molecule has 138 valence electrons. The summed E-state index contributed by atoms with van der Waals surface area (Å²) in [5.41, 5.74) is 0.950. The molecule has 0 radical (unpaired) electrons. The first kappa shape index (κ1) is 18.1. The Hall–Kier alpha value is -1.69. The molecule has 0 spiro atoms. The zero-order valence-electron chi connectivity index (χ0n) is 16.1. The van der Waals surface area contributed by atoms with Crippen molar-refractivity contribution in [3.05, 3.63) is 23.4 Å². The first-order chi connectivity index (χ1) is 11.9. The third-order valence-corrected chi connectivity index (χ3v) is 5.62. The highest BCUT2D eigenvalue weighted by molar-refractivity contribution is 5.74. The molecular formula is C19H31N5O. The van der Waals surface area contributed by atoms with Crippen molar-refractivity contribution >= 4 is 5.91 Å². The number of allylic oxidation sites excluding steroid dienone is 1. The molecule has 0 aliphatic carbocycles. The van der Waals surface area contributed by atoms with E-state index < -0.39 is 0 Å². The largest absolute Gasteiger partial charge is 0.331 e. The van der Waals surface area contributed by atoms with Crippen molar-refractivity contribution in [1.82, 2.24) is 25.0 Å². The maximum atomic E-state index is 11.2. The average molecular weight is 345 g/mol. The summed E-state index contributed by atoms with van der Waals surface area (Å²) in [5, 5.41) is 11.6. The van der Waals surface area contributed by atoms with E-state index in [1.54, 1.807) is 6.92 Å². The highest BCUT2D eigenvalue weighted by Gasteiger charge is 2.41. The maximum absolute atomic E-state index is 11.2. The molecule has 6 nitrogen and oxygen atoms in total. The number of nitrogens with one attached hydrogen (secondary N) is 1. The minimum absolute atomic E-state index is 0.000252. The van der Waals surface area contributed by atoms with Crippen molar-refractivity contribution in [2.45, 2.75) is 84.3 Å². The third-order valence-electron chi connectivity index (χ3n) is 5.62. The van der Waals surface area contributed by atoms with Gasteiger partial charge in [0, 0.05) is 43.2 Å². The summed E-state index contributed by atoms with van der Waals surface area (Å²) in [6.45, 7) is 10.9. The first-order valence-electron chi connectivity index (χ1n) is 9.48. The number of carbonyl (C=O) groups excluding carboxylic acids is 1. The lowest BCUT2D eigenvalue weighted by atomic mass is 9.96. The molecule has 2 atom stereocenters. The zero-order chi connectivity index (χ0) is 18.1. The molecule has 0 aromatic carbocycles. The van der Waals surface area contributed by atoms with Crippen LogP contribution >= 0.6 is 0 Å². The number of nitrogens with zero attached hydrogens (tertiary/aromatic N) is 4. The Labute approximate surface area is 150 Å². The number of hydrogen-bond acceptors (Lipinski definition) is 4. The summed E-state index contributed by atoms with van der Waals surface area (Å²) in [6, 6.07) is 1.75. The van der Waals surface area contributed by atoms with Gasteiger partial charge in [0.05, 0.1) is 0 Å². The maximum Gasteiger partial charge on any atom is 0.220 e. The second-order valence-electron chi connectivity index (χ2n) is 7.91. The van der Waals surface area contributed by atoms with Gasteiger partial charge in [0.1, 0.15) is 11.6 Å². The summed E-state index contributed by atoms with van der Waals surface area (Å²) in [6.07, 6.45) is 7.03. The molecule has 25 heavy (non-hydrogen) atoms. The van der Waals surface area contributed by atoms with E-state index in [0.29, 0.717) is 24.0 Å². The molecule has 0 saturated carbocycles. The average Bonchev–Trinajstić information content (AvgIpc) is 3.01. The van der Waals surface area contributed by atoms with Crippen LogP contribution in [-0.4, -0.2) is 44.2 Å². The van der Waals surface area contributed by atoms with E-state index in [9.17, 15) is 4.79 Å². The monoisotopic (exact) mass is 345 g/mol. The van der Waals surface area contributed by atoms with Crippen molar-refractivity contribution in [1.29, 1.82) is 0 Å². The molecule has 1 amide bonds. The van der Waals surface area contributed by atoms with Crippen LogP contribution in [-0.2, 0) is 4.79 Å². The summed E-state index contributed by atoms with van der Waals surface area (Å²) in [4.78, 5) is 13.8. The van der Waals surface area contributed by atoms with Crippen molar-refractivity contribution in [3.8, 4) is 0 Å². The zero-order valence-corrected chi connectivity index (χ0v) is 16.1. The standard InChI is InChI=1S/C19H31N5O/c1-12(2)19-22-21-14(4)24(19)18-10-16-6-7-17(11-18)23(16)9-8-13(3)20-15(5)25/h8,12,16-18H,6-7,9-11H2,1-5H3,(H,20,25)/b13-8-. The normalized spacial score (nSPS) is 27.1. The Kier molecular flexibility index (Phi) is 5.27. The molecule has 2 fully saturated rings. The highest BCUT2D eigenvalue weighted by atomic mass is 16.1. The van der Waals surface area contributed by atoms with Crippen LogP contribution in [0.5, 0.6) is 0 Å². The van der Waals surface area contributed by atoms with Crippen LogP contribution < -0.4 is 5.32 Å². The Morgan fingerprint density at radius 3 is 2.40 bits per heavy atom. The van der Waals surface area contributed by atoms with Crippen LogP contribution in [0.25, 0.3) is 0 Å². The van der Waals surface area contributed by atoms with Gasteiger partial charge in [-0.15, -0.1) is 10.2 Å². The number of hydrogen-bond donors (Lipinski definition) is 1. The molecule has 2 unspecified atom stereocenters. The van der Waals surface area contributed by atoms with E-state index in [2.05, 4.69) is 51.8 Å². The molecule has 3 rings (SSSR count). The van der Waals surface area contributed by atoms with E-state index in [1.165, 1.54) is 25.7 Å². The second-order valence-corrected chi connectivity index (χ2v) is 7.91. The molecular weight excluding hydrogens is 314 g/mol. The van der Waals surface area contributed by atoms with Crippen molar-refractivity contribution in [2.75, 3.05) is 6.54 Å². The van der Waals surface area contributed by atoms with Gasteiger partial charge < -0.3 is 9.88 Å². The van der Waals surface area contributed by atoms with E-state index in [4.69, 9.17) is 0 Å². The SMILES string of the molecule is CC(=O)N/C(C)=C\CN1C2CCC1CC(n1c(C)nnc1C(C)C)C2. The van der Waals surface area contributed by atoms with E-state index in [1.807, 2.05) is 6.92 Å². The summed E-state index contributed by atoms with van der Waals surface area (Å²) in [5.74, 6) is 2.57. The van der Waals surface area contributed by atoms with Gasteiger partial charge in [0.25, 0.3) is 0 Å². The Morgan fingerprint density at radius 1 is 1.20 bits per heavy atom. The van der Waals surface area contributed by atoms with Crippen LogP contribution in [0.2, 0.25) is 0 Å². The summed E-state index contributed by atoms with van der Waals surface area (Å²) in [7, 11) is 0. The number of fused-ring (bicyclic) bond motifs is 2. The fourth-order valence-corrected chi connectivity index (χ4v) is 4.56. The van der Waals surface area contributed by atoms with Crippen LogP contribution in [0.1, 0.15) is 77.0 Å². The fraction of sp³-hybridized carbons (Fsp3) is 0.737. The molecule has 1 N–H and O–H groups in total. The third kappa shape index (κ3) is 3.78. The topological polar surface area (TPSA) is 63.1 Å². The molecule has 2 aliphatic rings. The number of aromatic nitrogens is 3. The summed E-state index contributed by atoms with van der Waals surface area (Å²) >= 11 is 0. The van der Waals surface area contributed by atoms with Gasteiger partial charge in [-0.3, -0.25) is 9.69 Å². The van der Waals surface area contributed by atoms with E-state index in [0.717, 1.165) is 23.9 Å². The Balaban J connectivity index is 1.70. The second kappa shape index (κ2) is 7.28. The predicted octanol–water partition coefficient (Wildman–Crippen LogP) is 2.92. The molecule has 2 bridgehead atoms. The number of amides is 1. The van der Waals surface area contributed by atoms with Gasteiger partial charge in [0.15, 0.2) is 0 Å². The molecule has 2 saturated heterocycles. The van der Waals surface area contributed by atoms with Crippen LogP contribution in [0.4, 0.5) is 0 Å². The lowest BCUT2D eigenvalue weighted by Crippen LogP contribution is -2.44. The first-order valence-corrected chi connectivity index (χ1v) is 9.48. The lowest BCUT2D eigenvalue weighted by molar-refractivity contribution is -0.118. The fourth-order valence-electron chi connectivity index (χ4n) is 4.56. The smallest absolute Gasteiger partial charge is 0.220 e. The number of rotatable bonds is 5. The quantitative estimate of drug-likeness (QED) is 0.891. The molecule has 1 aromatic heterocycles. The number of carbonyl (C=O) groups is 1. The molecule has 2 aliphatic heterocycles. The Morgan fingerprint density at radius 2 is 1.84 bits per heavy atom. The van der Waals surface area contributed by atoms with Gasteiger partial charge in [-0.1, -0.05) is 19.9 Å². The van der Waals surface area contributed by atoms with Crippen molar-refractivity contribution < 1.29 is 4.79 Å². The van der Waals surface area contributed by atoms with Crippen LogP contribution in [0.15, 0.2) is 11.8 Å². The minimum Gasteiger partial charge on any atom is -0.331 e. The van der Waals surface area contributed by atoms with Gasteiger partial charge in [-0.05, 0) is 39.5 Å². The van der Waals surface area contributed by atoms with Crippen molar-refractivity contribution in [3.63, 3.8) is 0 Å². The van der Waals surface area contributed by atoms with E-state index >= 15 is 0 Å². The van der Waals surface area contributed by atoms with E-state index in [-0.39, 0.29) is 5.91 Å². The number of aryl methyl sites for hydroxylation is 1. The predicted molar refractivity (Wildman–Crippen MR) is 98.2 cm³/mol.